The van der Waals surface area contributed by atoms with Crippen LogP contribution in [0.4, 0.5) is 5.69 Å². The van der Waals surface area contributed by atoms with Crippen molar-refractivity contribution in [1.82, 2.24) is 4.57 Å². The van der Waals surface area contributed by atoms with Gasteiger partial charge in [0.1, 0.15) is 6.04 Å². The molecule has 0 radical (unpaired) electrons. The molecule has 0 fully saturated rings. The number of carbonyl (C=O) groups excluding carboxylic acids is 1. The van der Waals surface area contributed by atoms with Gasteiger partial charge < -0.3 is 14.3 Å². The first-order chi connectivity index (χ1) is 20.1. The zero-order chi connectivity index (χ0) is 28.0. The average Bonchev–Trinajstić information content (AvgIpc) is 3.59. The zero-order valence-electron chi connectivity index (χ0n) is 22.8. The highest BCUT2D eigenvalue weighted by Crippen LogP contribution is 2.48. The summed E-state index contributed by atoms with van der Waals surface area (Å²) in [4.78, 5) is 22.0. The predicted molar refractivity (Wildman–Crippen MR) is 168 cm³/mol. The van der Waals surface area contributed by atoms with Crippen molar-refractivity contribution >= 4 is 44.5 Å². The molecule has 0 aliphatic carbocycles. The summed E-state index contributed by atoms with van der Waals surface area (Å²) in [6, 6.07) is 35.3. The quantitative estimate of drug-likeness (QED) is 0.187. The van der Waals surface area contributed by atoms with Gasteiger partial charge in [0.05, 0.1) is 5.71 Å². The standard InChI is InChI=1S/C35H30BrN3O2/c1-24-11-13-25(14-12-24)22-39-32-10-6-5-9-29(32)30-19-20-38(28-7-3-2-4-8-28)34(33(30)39)35(23-40)21-31(37-41-35)26-15-17-27(36)18-16-26/h2-18,23,34H,19-22H2,1H3/t34-,35+/m1/s1. The number of hydrogen-bond acceptors (Lipinski definition) is 4. The summed E-state index contributed by atoms with van der Waals surface area (Å²) in [7, 11) is 0. The van der Waals surface area contributed by atoms with Crippen LogP contribution >= 0.6 is 15.9 Å². The fourth-order valence-corrected chi connectivity index (χ4v) is 6.72. The summed E-state index contributed by atoms with van der Waals surface area (Å²) >= 11 is 3.52. The highest BCUT2D eigenvalue weighted by molar-refractivity contribution is 9.10. The molecule has 1 aromatic heterocycles. The Bertz CT molecular complexity index is 1760. The van der Waals surface area contributed by atoms with Gasteiger partial charge in [-0.25, -0.2) is 0 Å². The van der Waals surface area contributed by atoms with Gasteiger partial charge in [0.2, 0.25) is 5.60 Å². The Morgan fingerprint density at radius 2 is 1.68 bits per heavy atom. The molecule has 3 heterocycles. The van der Waals surface area contributed by atoms with E-state index in [1.807, 2.05) is 30.3 Å². The van der Waals surface area contributed by atoms with Crippen LogP contribution in [0.2, 0.25) is 0 Å². The number of para-hydroxylation sites is 2. The van der Waals surface area contributed by atoms with Crippen molar-refractivity contribution in [2.24, 2.45) is 5.16 Å². The first-order valence-electron chi connectivity index (χ1n) is 14.0. The number of halogens is 1. The Morgan fingerprint density at radius 3 is 2.44 bits per heavy atom. The maximum atomic E-state index is 13.3. The van der Waals surface area contributed by atoms with Gasteiger partial charge in [-0.2, -0.15) is 0 Å². The van der Waals surface area contributed by atoms with Gasteiger partial charge in [-0.15, -0.1) is 0 Å². The monoisotopic (exact) mass is 603 g/mol. The van der Waals surface area contributed by atoms with Gasteiger partial charge in [-0.05, 0) is 60.4 Å². The van der Waals surface area contributed by atoms with E-state index in [0.717, 1.165) is 46.4 Å². The maximum absolute atomic E-state index is 13.3. The van der Waals surface area contributed by atoms with Crippen molar-refractivity contribution < 1.29 is 9.63 Å². The van der Waals surface area contributed by atoms with Gasteiger partial charge >= 0.3 is 0 Å². The van der Waals surface area contributed by atoms with Gasteiger partial charge in [0, 0.05) is 46.3 Å². The SMILES string of the molecule is Cc1ccc(Cn2c3c(c4ccccc42)CCN(c2ccccc2)[C@H]3[C@@]2(C=O)CC(c3ccc(Br)cc3)=NO2)cc1. The molecular weight excluding hydrogens is 574 g/mol. The summed E-state index contributed by atoms with van der Waals surface area (Å²) in [6.07, 6.45) is 2.25. The molecular formula is C35H30BrN3O2. The van der Waals surface area contributed by atoms with E-state index < -0.39 is 5.60 Å². The van der Waals surface area contributed by atoms with Crippen molar-refractivity contribution in [2.75, 3.05) is 11.4 Å². The molecule has 5 aromatic rings. The van der Waals surface area contributed by atoms with Crippen molar-refractivity contribution in [3.8, 4) is 0 Å². The van der Waals surface area contributed by atoms with Gasteiger partial charge in [0.25, 0.3) is 0 Å². The minimum atomic E-state index is -1.19. The number of rotatable bonds is 6. The van der Waals surface area contributed by atoms with Crippen molar-refractivity contribution in [1.29, 1.82) is 0 Å². The number of aryl methyl sites for hydroxylation is 1. The third-order valence-corrected chi connectivity index (χ3v) is 8.98. The van der Waals surface area contributed by atoms with Crippen LogP contribution in [0.15, 0.2) is 113 Å². The number of anilines is 1. The number of aromatic nitrogens is 1. The third-order valence-electron chi connectivity index (χ3n) is 8.45. The summed E-state index contributed by atoms with van der Waals surface area (Å²) in [6.45, 7) is 3.58. The average molecular weight is 605 g/mol. The van der Waals surface area contributed by atoms with E-state index in [9.17, 15) is 4.79 Å². The number of nitrogens with zero attached hydrogens (tertiary/aromatic N) is 3. The first kappa shape index (κ1) is 25.8. The molecule has 6 heteroatoms. The molecule has 7 rings (SSSR count). The Hall–Kier alpha value is -4.16. The molecule has 41 heavy (non-hydrogen) atoms. The second-order valence-electron chi connectivity index (χ2n) is 11.0. The Labute approximate surface area is 248 Å². The van der Waals surface area contributed by atoms with Crippen LogP contribution < -0.4 is 4.90 Å². The lowest BCUT2D eigenvalue weighted by molar-refractivity contribution is -0.131. The molecule has 0 amide bonds. The summed E-state index contributed by atoms with van der Waals surface area (Å²) < 4.78 is 3.40. The topological polar surface area (TPSA) is 46.8 Å². The second-order valence-corrected chi connectivity index (χ2v) is 11.9. The van der Waals surface area contributed by atoms with E-state index in [0.29, 0.717) is 13.0 Å². The minimum Gasteiger partial charge on any atom is -0.378 e. The van der Waals surface area contributed by atoms with E-state index >= 15 is 0 Å². The molecule has 2 atom stereocenters. The van der Waals surface area contributed by atoms with Crippen LogP contribution in [0.5, 0.6) is 0 Å². The predicted octanol–water partition coefficient (Wildman–Crippen LogP) is 7.63. The van der Waals surface area contributed by atoms with Crippen LogP contribution in [0.1, 0.15) is 40.4 Å². The third kappa shape index (κ3) is 4.47. The molecule has 4 aromatic carbocycles. The summed E-state index contributed by atoms with van der Waals surface area (Å²) in [5.74, 6) is 0. The molecule has 0 saturated heterocycles. The van der Waals surface area contributed by atoms with Crippen LogP contribution in [0.25, 0.3) is 10.9 Å². The lowest BCUT2D eigenvalue weighted by Crippen LogP contribution is -2.51. The lowest BCUT2D eigenvalue weighted by atomic mass is 9.81. The zero-order valence-corrected chi connectivity index (χ0v) is 24.4. The number of benzene rings is 4. The van der Waals surface area contributed by atoms with Gasteiger partial charge in [0.15, 0.2) is 6.29 Å². The van der Waals surface area contributed by atoms with E-state index in [2.05, 4.69) is 110 Å². The van der Waals surface area contributed by atoms with Crippen molar-refractivity contribution in [3.63, 3.8) is 0 Å². The van der Waals surface area contributed by atoms with Gasteiger partial charge in [-0.1, -0.05) is 99.4 Å². The molecule has 0 bridgehead atoms. The lowest BCUT2D eigenvalue weighted by Gasteiger charge is -2.44. The highest BCUT2D eigenvalue weighted by atomic mass is 79.9. The number of fused-ring (bicyclic) bond motifs is 3. The molecule has 0 unspecified atom stereocenters. The first-order valence-corrected chi connectivity index (χ1v) is 14.8. The van der Waals surface area contributed by atoms with Crippen molar-refractivity contribution in [3.05, 3.63) is 136 Å². The summed E-state index contributed by atoms with van der Waals surface area (Å²) in [5, 5.41) is 5.78. The highest BCUT2D eigenvalue weighted by Gasteiger charge is 2.53. The minimum absolute atomic E-state index is 0.374. The molecule has 2 aliphatic heterocycles. The van der Waals surface area contributed by atoms with E-state index in [1.165, 1.54) is 27.6 Å². The fourth-order valence-electron chi connectivity index (χ4n) is 6.46. The van der Waals surface area contributed by atoms with Crippen LogP contribution in [-0.4, -0.2) is 28.7 Å². The van der Waals surface area contributed by atoms with Crippen molar-refractivity contribution in [2.45, 2.75) is 38.0 Å². The van der Waals surface area contributed by atoms with Crippen LogP contribution in [0, 0.1) is 6.92 Å². The molecule has 0 saturated carbocycles. The number of hydrogen-bond donors (Lipinski definition) is 0. The van der Waals surface area contributed by atoms with Crippen LogP contribution in [-0.2, 0) is 22.6 Å². The van der Waals surface area contributed by atoms with Crippen LogP contribution in [0.3, 0.4) is 0 Å². The molecule has 5 nitrogen and oxygen atoms in total. The molecule has 204 valence electrons. The Balaban J connectivity index is 1.42. The maximum Gasteiger partial charge on any atom is 0.223 e. The largest absolute Gasteiger partial charge is 0.378 e. The van der Waals surface area contributed by atoms with E-state index in [4.69, 9.17) is 4.84 Å². The molecule has 0 spiro atoms. The number of carbonyl (C=O) groups is 1. The fraction of sp³-hybridized carbons (Fsp3) is 0.200. The molecule has 2 aliphatic rings. The van der Waals surface area contributed by atoms with E-state index in [1.54, 1.807) is 0 Å². The van der Waals surface area contributed by atoms with E-state index in [-0.39, 0.29) is 6.04 Å². The second kappa shape index (κ2) is 10.3. The van der Waals surface area contributed by atoms with Gasteiger partial charge in [-0.3, -0.25) is 4.79 Å². The Morgan fingerprint density at radius 1 is 0.951 bits per heavy atom. The summed E-state index contributed by atoms with van der Waals surface area (Å²) in [5.41, 5.74) is 7.65. The number of oxime groups is 1. The Kier molecular flexibility index (Phi) is 6.51. The molecule has 0 N–H and O–H groups in total. The smallest absolute Gasteiger partial charge is 0.223 e. The number of aldehydes is 1. The normalized spacial score (nSPS) is 20.0.